The molecule has 0 amide bonds. The summed E-state index contributed by atoms with van der Waals surface area (Å²) in [6.07, 6.45) is 4.99. The largest absolute Gasteiger partial charge is 0.396 e. The van der Waals surface area contributed by atoms with Crippen LogP contribution < -0.4 is 0 Å². The van der Waals surface area contributed by atoms with Crippen molar-refractivity contribution in [2.75, 3.05) is 32.8 Å². The maximum Gasteiger partial charge on any atom is 0.0599 e. The minimum atomic E-state index is 0.0766. The molecule has 1 N–H and O–H groups in total. The molecule has 0 aromatic heterocycles. The molecule has 0 spiro atoms. The van der Waals surface area contributed by atoms with Gasteiger partial charge < -0.3 is 14.7 Å². The van der Waals surface area contributed by atoms with Crippen molar-refractivity contribution < 1.29 is 9.84 Å². The lowest BCUT2D eigenvalue weighted by molar-refractivity contribution is -0.00246. The van der Waals surface area contributed by atoms with Gasteiger partial charge >= 0.3 is 0 Å². The van der Waals surface area contributed by atoms with Gasteiger partial charge in [-0.1, -0.05) is 20.3 Å². The molecular formula is C14H29NO2. The first-order valence-electron chi connectivity index (χ1n) is 7.08. The average molecular weight is 243 g/mol. The van der Waals surface area contributed by atoms with Gasteiger partial charge in [-0.15, -0.1) is 0 Å². The van der Waals surface area contributed by atoms with Crippen LogP contribution in [-0.2, 0) is 4.74 Å². The summed E-state index contributed by atoms with van der Waals surface area (Å²) in [4.78, 5) is 2.49. The van der Waals surface area contributed by atoms with Crippen LogP contribution in [0.5, 0.6) is 0 Å². The zero-order valence-electron chi connectivity index (χ0n) is 11.7. The Balaban J connectivity index is 2.33. The van der Waals surface area contributed by atoms with Crippen molar-refractivity contribution in [1.82, 2.24) is 4.90 Å². The number of nitrogens with zero attached hydrogens (tertiary/aromatic N) is 1. The normalized spacial score (nSPS) is 22.6. The molecule has 1 heterocycles. The van der Waals surface area contributed by atoms with Gasteiger partial charge in [0.05, 0.1) is 6.10 Å². The van der Waals surface area contributed by atoms with E-state index in [0.717, 1.165) is 51.9 Å². The third kappa shape index (κ3) is 4.94. The molecule has 0 radical (unpaired) electrons. The Kier molecular flexibility index (Phi) is 6.45. The van der Waals surface area contributed by atoms with Gasteiger partial charge in [0.25, 0.3) is 0 Å². The van der Waals surface area contributed by atoms with Crippen LogP contribution in [0.15, 0.2) is 0 Å². The average Bonchev–Trinajstić information content (AvgIpc) is 2.32. The maximum atomic E-state index is 9.53. The van der Waals surface area contributed by atoms with Crippen LogP contribution in [0.2, 0.25) is 0 Å². The molecule has 1 aliphatic heterocycles. The van der Waals surface area contributed by atoms with Gasteiger partial charge in [-0.3, -0.25) is 0 Å². The minimum absolute atomic E-state index is 0.0766. The van der Waals surface area contributed by atoms with E-state index in [1.807, 2.05) is 0 Å². The second-order valence-electron chi connectivity index (χ2n) is 5.65. The number of rotatable bonds is 7. The van der Waals surface area contributed by atoms with Crippen molar-refractivity contribution in [3.63, 3.8) is 0 Å². The SMILES string of the molecule is CCCC(C)(CO)CN1CCC(OCC)CC1. The summed E-state index contributed by atoms with van der Waals surface area (Å²) < 4.78 is 5.66. The van der Waals surface area contributed by atoms with E-state index < -0.39 is 0 Å². The molecule has 0 aromatic rings. The van der Waals surface area contributed by atoms with E-state index in [1.54, 1.807) is 0 Å². The third-order valence-corrected chi connectivity index (χ3v) is 3.78. The van der Waals surface area contributed by atoms with Gasteiger partial charge in [0, 0.05) is 38.3 Å². The Bertz CT molecular complexity index is 202. The topological polar surface area (TPSA) is 32.7 Å². The van der Waals surface area contributed by atoms with Crippen molar-refractivity contribution >= 4 is 0 Å². The van der Waals surface area contributed by atoms with Crippen LogP contribution in [0.1, 0.15) is 46.5 Å². The molecule has 0 aliphatic carbocycles. The van der Waals surface area contributed by atoms with Gasteiger partial charge in [-0.2, -0.15) is 0 Å². The molecule has 0 saturated carbocycles. The molecule has 1 unspecified atom stereocenters. The Morgan fingerprint density at radius 2 is 1.94 bits per heavy atom. The van der Waals surface area contributed by atoms with E-state index in [0.29, 0.717) is 12.7 Å². The minimum Gasteiger partial charge on any atom is -0.396 e. The Morgan fingerprint density at radius 3 is 2.41 bits per heavy atom. The maximum absolute atomic E-state index is 9.53. The number of hydrogen-bond donors (Lipinski definition) is 1. The predicted molar refractivity (Wildman–Crippen MR) is 71.2 cm³/mol. The number of hydrogen-bond acceptors (Lipinski definition) is 3. The molecule has 1 aliphatic rings. The van der Waals surface area contributed by atoms with Gasteiger partial charge in [-0.05, 0) is 26.2 Å². The fourth-order valence-corrected chi connectivity index (χ4v) is 2.82. The Morgan fingerprint density at radius 1 is 1.29 bits per heavy atom. The summed E-state index contributed by atoms with van der Waals surface area (Å²) in [7, 11) is 0. The molecule has 1 saturated heterocycles. The van der Waals surface area contributed by atoms with Crippen LogP contribution in [0.4, 0.5) is 0 Å². The molecule has 102 valence electrons. The van der Waals surface area contributed by atoms with Crippen LogP contribution in [-0.4, -0.2) is 49.0 Å². The van der Waals surface area contributed by atoms with Gasteiger partial charge in [-0.25, -0.2) is 0 Å². The van der Waals surface area contributed by atoms with Gasteiger partial charge in [0.15, 0.2) is 0 Å². The van der Waals surface area contributed by atoms with E-state index in [1.165, 1.54) is 0 Å². The van der Waals surface area contributed by atoms with Crippen molar-refractivity contribution in [2.24, 2.45) is 5.41 Å². The molecule has 1 fully saturated rings. The van der Waals surface area contributed by atoms with Crippen molar-refractivity contribution in [3.8, 4) is 0 Å². The second kappa shape index (κ2) is 7.34. The molecule has 3 nitrogen and oxygen atoms in total. The standard InChI is InChI=1S/C14H29NO2/c1-4-8-14(3,12-16)11-15-9-6-13(7-10-15)17-5-2/h13,16H,4-12H2,1-3H3. The lowest BCUT2D eigenvalue weighted by atomic mass is 9.85. The van der Waals surface area contributed by atoms with Crippen LogP contribution in [0.25, 0.3) is 0 Å². The highest BCUT2D eigenvalue weighted by atomic mass is 16.5. The molecular weight excluding hydrogens is 214 g/mol. The van der Waals surface area contributed by atoms with E-state index in [9.17, 15) is 5.11 Å². The predicted octanol–water partition coefficient (Wildman–Crippen LogP) is 2.29. The van der Waals surface area contributed by atoms with E-state index in [4.69, 9.17) is 4.74 Å². The Hall–Kier alpha value is -0.120. The summed E-state index contributed by atoms with van der Waals surface area (Å²) in [5.74, 6) is 0. The highest BCUT2D eigenvalue weighted by Crippen LogP contribution is 2.26. The van der Waals surface area contributed by atoms with Gasteiger partial charge in [0.2, 0.25) is 0 Å². The molecule has 1 rings (SSSR count). The fraction of sp³-hybridized carbons (Fsp3) is 1.00. The smallest absolute Gasteiger partial charge is 0.0599 e. The van der Waals surface area contributed by atoms with E-state index in [2.05, 4.69) is 25.7 Å². The third-order valence-electron chi connectivity index (χ3n) is 3.78. The first kappa shape index (κ1) is 14.9. The molecule has 3 heteroatoms. The first-order valence-corrected chi connectivity index (χ1v) is 7.08. The summed E-state index contributed by atoms with van der Waals surface area (Å²) in [6.45, 7) is 10.8. The lowest BCUT2D eigenvalue weighted by Crippen LogP contribution is -2.44. The second-order valence-corrected chi connectivity index (χ2v) is 5.65. The van der Waals surface area contributed by atoms with Crippen molar-refractivity contribution in [2.45, 2.75) is 52.6 Å². The number of likely N-dealkylation sites (tertiary alicyclic amines) is 1. The highest BCUT2D eigenvalue weighted by molar-refractivity contribution is 4.81. The van der Waals surface area contributed by atoms with Gasteiger partial charge in [0.1, 0.15) is 0 Å². The summed E-state index contributed by atoms with van der Waals surface area (Å²) in [5, 5.41) is 9.53. The molecule has 0 aromatic carbocycles. The number of aliphatic hydroxyl groups is 1. The molecule has 0 bridgehead atoms. The summed E-state index contributed by atoms with van der Waals surface area (Å²) >= 11 is 0. The zero-order chi connectivity index (χ0) is 12.7. The number of ether oxygens (including phenoxy) is 1. The zero-order valence-corrected chi connectivity index (χ0v) is 11.7. The monoisotopic (exact) mass is 243 g/mol. The number of aliphatic hydroxyl groups excluding tert-OH is 1. The van der Waals surface area contributed by atoms with E-state index in [-0.39, 0.29) is 5.41 Å². The van der Waals surface area contributed by atoms with Crippen LogP contribution in [0, 0.1) is 5.41 Å². The number of piperidine rings is 1. The van der Waals surface area contributed by atoms with Crippen LogP contribution in [0.3, 0.4) is 0 Å². The highest BCUT2D eigenvalue weighted by Gasteiger charge is 2.28. The van der Waals surface area contributed by atoms with Crippen LogP contribution >= 0.6 is 0 Å². The quantitative estimate of drug-likeness (QED) is 0.744. The fourth-order valence-electron chi connectivity index (χ4n) is 2.82. The molecule has 1 atom stereocenters. The first-order chi connectivity index (χ1) is 8.13. The van der Waals surface area contributed by atoms with E-state index >= 15 is 0 Å². The summed E-state index contributed by atoms with van der Waals surface area (Å²) in [6, 6.07) is 0. The Labute approximate surface area is 106 Å². The van der Waals surface area contributed by atoms with Crippen molar-refractivity contribution in [3.05, 3.63) is 0 Å². The van der Waals surface area contributed by atoms with Crippen molar-refractivity contribution in [1.29, 1.82) is 0 Å². The summed E-state index contributed by atoms with van der Waals surface area (Å²) in [5.41, 5.74) is 0.0766. The lowest BCUT2D eigenvalue weighted by Gasteiger charge is -2.38. The molecule has 17 heavy (non-hydrogen) atoms.